The summed E-state index contributed by atoms with van der Waals surface area (Å²) in [5.74, 6) is 1.26. The van der Waals surface area contributed by atoms with Gasteiger partial charge in [-0.3, -0.25) is 4.79 Å². The third kappa shape index (κ3) is 4.83. The van der Waals surface area contributed by atoms with Gasteiger partial charge in [0.2, 0.25) is 5.91 Å². The van der Waals surface area contributed by atoms with Crippen molar-refractivity contribution in [2.75, 3.05) is 27.9 Å². The number of carbonyl (C=O) groups excluding carboxylic acids is 1. The lowest BCUT2D eigenvalue weighted by Gasteiger charge is -2.34. The first-order valence-electron chi connectivity index (χ1n) is 8.93. The molecule has 1 aromatic carbocycles. The van der Waals surface area contributed by atoms with Gasteiger partial charge >= 0.3 is 0 Å². The molecule has 1 heterocycles. The summed E-state index contributed by atoms with van der Waals surface area (Å²) >= 11 is 6.18. The fourth-order valence-electron chi connectivity index (χ4n) is 3.44. The second-order valence-electron chi connectivity index (χ2n) is 6.67. The van der Waals surface area contributed by atoms with Gasteiger partial charge in [0.15, 0.2) is 11.5 Å². The Bertz CT molecular complexity index is 809. The van der Waals surface area contributed by atoms with Crippen molar-refractivity contribution in [1.29, 1.82) is 0 Å². The van der Waals surface area contributed by atoms with Gasteiger partial charge in [-0.25, -0.2) is 9.97 Å². The van der Waals surface area contributed by atoms with E-state index in [1.165, 1.54) is 13.4 Å². The van der Waals surface area contributed by atoms with E-state index >= 15 is 0 Å². The number of hydrogen-bond acceptors (Lipinski definition) is 6. The Morgan fingerprint density at radius 2 is 1.89 bits per heavy atom. The van der Waals surface area contributed by atoms with E-state index in [-0.39, 0.29) is 32.1 Å². The molecule has 0 radical (unpaired) electrons. The maximum absolute atomic E-state index is 12.0. The van der Waals surface area contributed by atoms with Crippen LogP contribution in [0.5, 0.6) is 11.5 Å². The number of fused-ring (bicyclic) bond motifs is 1. The van der Waals surface area contributed by atoms with Crippen LogP contribution in [0.3, 0.4) is 0 Å². The molecule has 154 valence electrons. The third-order valence-electron chi connectivity index (χ3n) is 5.02. The van der Waals surface area contributed by atoms with Crippen molar-refractivity contribution in [3.63, 3.8) is 0 Å². The summed E-state index contributed by atoms with van der Waals surface area (Å²) in [5.41, 5.74) is 0.709. The molecule has 2 aromatic rings. The van der Waals surface area contributed by atoms with Crippen molar-refractivity contribution in [1.82, 2.24) is 14.9 Å². The van der Waals surface area contributed by atoms with E-state index in [4.69, 9.17) is 25.8 Å². The fourth-order valence-corrected chi connectivity index (χ4v) is 3.64. The van der Waals surface area contributed by atoms with Crippen molar-refractivity contribution < 1.29 is 19.0 Å². The van der Waals surface area contributed by atoms with Gasteiger partial charge in [0.25, 0.3) is 0 Å². The molecule has 7 nitrogen and oxygen atoms in total. The van der Waals surface area contributed by atoms with Crippen LogP contribution in [0.15, 0.2) is 18.5 Å². The monoisotopic (exact) mass is 409 g/mol. The Hall–Kier alpha value is -2.12. The van der Waals surface area contributed by atoms with Crippen molar-refractivity contribution in [3.8, 4) is 11.5 Å². The molecule has 1 aromatic heterocycles. The normalized spacial score (nSPS) is 19.0. The van der Waals surface area contributed by atoms with E-state index in [1.807, 2.05) is 13.1 Å². The first kappa shape index (κ1) is 22.2. The van der Waals surface area contributed by atoms with E-state index in [1.54, 1.807) is 18.1 Å². The van der Waals surface area contributed by atoms with E-state index in [2.05, 4.69) is 9.97 Å². The van der Waals surface area contributed by atoms with Crippen molar-refractivity contribution >= 4 is 28.4 Å². The molecule has 8 heteroatoms. The van der Waals surface area contributed by atoms with Gasteiger partial charge in [-0.05, 0) is 31.7 Å². The molecule has 0 spiro atoms. The molecule has 0 saturated heterocycles. The zero-order valence-corrected chi connectivity index (χ0v) is 16.5. The Labute approximate surface area is 170 Å². The van der Waals surface area contributed by atoms with Crippen LogP contribution in [0.2, 0.25) is 5.15 Å². The number of likely N-dealkylation sites (N-methyl/N-ethyl adjacent to an activating group) is 1. The lowest BCUT2D eigenvalue weighted by atomic mass is 9.92. The topological polar surface area (TPSA) is 73.8 Å². The first-order chi connectivity index (χ1) is 13.0. The van der Waals surface area contributed by atoms with Crippen molar-refractivity contribution in [3.05, 3.63) is 23.6 Å². The van der Waals surface area contributed by atoms with E-state index in [0.717, 1.165) is 31.1 Å². The zero-order chi connectivity index (χ0) is 19.4. The van der Waals surface area contributed by atoms with E-state index in [9.17, 15) is 4.79 Å². The van der Waals surface area contributed by atoms with Gasteiger partial charge in [-0.1, -0.05) is 19.0 Å². The number of nitrogens with zero attached hydrogens (tertiary/aromatic N) is 3. The summed E-state index contributed by atoms with van der Waals surface area (Å²) in [6.07, 6.45) is 4.97. The van der Waals surface area contributed by atoms with E-state index in [0.29, 0.717) is 22.2 Å². The van der Waals surface area contributed by atoms with Crippen LogP contribution in [0.25, 0.3) is 10.9 Å². The Morgan fingerprint density at radius 1 is 1.18 bits per heavy atom. The molecule has 1 fully saturated rings. The average molecular weight is 410 g/mol. The quantitative estimate of drug-likeness (QED) is 0.677. The maximum atomic E-state index is 12.0. The van der Waals surface area contributed by atoms with Crippen molar-refractivity contribution in [2.45, 2.75) is 45.3 Å². The molecule has 0 bridgehead atoms. The zero-order valence-electron chi connectivity index (χ0n) is 15.8. The van der Waals surface area contributed by atoms with Crippen LogP contribution in [0, 0.1) is 0 Å². The molecule has 0 N–H and O–H groups in total. The van der Waals surface area contributed by atoms with Gasteiger partial charge in [0.1, 0.15) is 18.1 Å². The molecule has 1 aliphatic rings. The third-order valence-corrected chi connectivity index (χ3v) is 5.32. The lowest BCUT2D eigenvalue weighted by molar-refractivity contribution is -0.136. The highest BCUT2D eigenvalue weighted by Gasteiger charge is 2.28. The summed E-state index contributed by atoms with van der Waals surface area (Å²) in [4.78, 5) is 22.0. The number of methoxy groups -OCH3 is 2. The predicted molar refractivity (Wildman–Crippen MR) is 109 cm³/mol. The maximum Gasteiger partial charge on any atom is 0.248 e. The van der Waals surface area contributed by atoms with Gasteiger partial charge in [0.05, 0.1) is 18.7 Å². The Morgan fingerprint density at radius 3 is 2.54 bits per heavy atom. The number of carbonyl (C=O) groups is 1. The minimum absolute atomic E-state index is 0. The van der Waals surface area contributed by atoms with Crippen LogP contribution in [-0.2, 0) is 9.53 Å². The number of benzene rings is 1. The minimum atomic E-state index is 0. The summed E-state index contributed by atoms with van der Waals surface area (Å²) < 4.78 is 16.6. The largest absolute Gasteiger partial charge is 0.493 e. The molecule has 1 saturated carbocycles. The van der Waals surface area contributed by atoms with Crippen LogP contribution >= 0.6 is 11.6 Å². The summed E-state index contributed by atoms with van der Waals surface area (Å²) in [5, 5.41) is 1.11. The van der Waals surface area contributed by atoms with Gasteiger partial charge in [-0.2, -0.15) is 0 Å². The fraction of sp³-hybridized carbons (Fsp3) is 0.550. The van der Waals surface area contributed by atoms with Crippen LogP contribution in [0.4, 0.5) is 0 Å². The number of rotatable bonds is 6. The summed E-state index contributed by atoms with van der Waals surface area (Å²) in [6, 6.07) is 3.85. The number of amides is 1. The first-order valence-corrected chi connectivity index (χ1v) is 9.30. The van der Waals surface area contributed by atoms with Crippen LogP contribution in [0.1, 0.15) is 33.1 Å². The van der Waals surface area contributed by atoms with E-state index < -0.39 is 0 Å². The average Bonchev–Trinajstić information content (AvgIpc) is 2.68. The molecule has 3 rings (SSSR count). The van der Waals surface area contributed by atoms with Crippen LogP contribution < -0.4 is 9.47 Å². The second-order valence-corrected chi connectivity index (χ2v) is 7.03. The minimum Gasteiger partial charge on any atom is -0.493 e. The van der Waals surface area contributed by atoms with Gasteiger partial charge in [-0.15, -0.1) is 0 Å². The van der Waals surface area contributed by atoms with Crippen LogP contribution in [-0.4, -0.2) is 60.8 Å². The van der Waals surface area contributed by atoms with Gasteiger partial charge < -0.3 is 19.1 Å². The standard InChI is InChI=1S/C19H24ClN3O4.CH4/c1-23(18(24)10-25-2)12-4-6-13(7-5-12)27-17-8-14-15(9-16(17)26-3)21-11-22-19(14)20;/h8-9,11-13H,4-7,10H2,1-3H3;1H4. The highest BCUT2D eigenvalue weighted by Crippen LogP contribution is 2.36. The number of aromatic nitrogens is 2. The summed E-state index contributed by atoms with van der Waals surface area (Å²) in [7, 11) is 4.97. The highest BCUT2D eigenvalue weighted by molar-refractivity contribution is 6.34. The Balaban J connectivity index is 0.00000280. The Kier molecular flexibility index (Phi) is 7.83. The molecular weight excluding hydrogens is 382 g/mol. The molecule has 1 amide bonds. The molecule has 28 heavy (non-hydrogen) atoms. The SMILES string of the molecule is C.COCC(=O)N(C)C1CCC(Oc2cc3c(Cl)ncnc3cc2OC)CC1. The molecule has 0 unspecified atom stereocenters. The number of halogens is 1. The molecule has 0 atom stereocenters. The van der Waals surface area contributed by atoms with Crippen molar-refractivity contribution in [2.24, 2.45) is 0 Å². The molecular formula is C20H28ClN3O4. The number of ether oxygens (including phenoxy) is 3. The summed E-state index contributed by atoms with van der Waals surface area (Å²) in [6.45, 7) is 0.115. The number of hydrogen-bond donors (Lipinski definition) is 0. The smallest absolute Gasteiger partial charge is 0.248 e. The highest BCUT2D eigenvalue weighted by atomic mass is 35.5. The second kappa shape index (κ2) is 9.89. The molecule has 1 aliphatic carbocycles. The lowest BCUT2D eigenvalue weighted by Crippen LogP contribution is -2.42. The predicted octanol–water partition coefficient (Wildman–Crippen LogP) is 3.72. The molecule has 0 aliphatic heterocycles. The van der Waals surface area contributed by atoms with Gasteiger partial charge in [0, 0.05) is 31.7 Å².